The van der Waals surface area contributed by atoms with Crippen molar-refractivity contribution in [2.75, 3.05) is 6.61 Å². The first-order chi connectivity index (χ1) is 5.20. The highest BCUT2D eigenvalue weighted by Crippen LogP contribution is 2.32. The maximum Gasteiger partial charge on any atom is 0.135 e. The quantitative estimate of drug-likeness (QED) is 0.443. The van der Waals surface area contributed by atoms with Crippen LogP contribution in [0, 0.1) is 0 Å². The summed E-state index contributed by atoms with van der Waals surface area (Å²) in [6.45, 7) is -0.215. The summed E-state index contributed by atoms with van der Waals surface area (Å²) >= 11 is 1.11. The molecule has 3 N–H and O–H groups in total. The van der Waals surface area contributed by atoms with E-state index in [9.17, 15) is 4.79 Å². The molecule has 0 radical (unpaired) electrons. The van der Waals surface area contributed by atoms with E-state index >= 15 is 0 Å². The molecule has 5 heteroatoms. The first-order valence-corrected chi connectivity index (χ1v) is 4.22. The van der Waals surface area contributed by atoms with Crippen LogP contribution in [0.1, 0.15) is 0 Å². The Morgan fingerprint density at radius 1 is 1.36 bits per heavy atom. The fourth-order valence-electron chi connectivity index (χ4n) is 1.04. The van der Waals surface area contributed by atoms with Crippen LogP contribution in [0.5, 0.6) is 0 Å². The van der Waals surface area contributed by atoms with Gasteiger partial charge in [0.15, 0.2) is 0 Å². The van der Waals surface area contributed by atoms with E-state index in [1.54, 1.807) is 0 Å². The second kappa shape index (κ2) is 3.53. The van der Waals surface area contributed by atoms with Gasteiger partial charge in [-0.15, -0.1) is 11.8 Å². The third-order valence-corrected chi connectivity index (χ3v) is 3.20. The van der Waals surface area contributed by atoms with E-state index in [0.29, 0.717) is 6.29 Å². The number of thioether (sulfide) groups is 1. The molecule has 1 aliphatic heterocycles. The number of aldehydes is 1. The van der Waals surface area contributed by atoms with E-state index in [4.69, 9.17) is 15.3 Å². The van der Waals surface area contributed by atoms with E-state index in [1.165, 1.54) is 0 Å². The third kappa shape index (κ3) is 1.56. The SMILES string of the molecule is O=CC1SC(CO)C(O)C1O. The molecule has 0 aromatic heterocycles. The summed E-state index contributed by atoms with van der Waals surface area (Å²) in [5.41, 5.74) is 0. The van der Waals surface area contributed by atoms with Crippen molar-refractivity contribution in [1.29, 1.82) is 0 Å². The third-order valence-electron chi connectivity index (χ3n) is 1.71. The highest BCUT2D eigenvalue weighted by Gasteiger charge is 2.41. The van der Waals surface area contributed by atoms with Gasteiger partial charge in [-0.1, -0.05) is 0 Å². The van der Waals surface area contributed by atoms with Gasteiger partial charge < -0.3 is 20.1 Å². The molecule has 0 amide bonds. The van der Waals surface area contributed by atoms with Crippen LogP contribution in [0.25, 0.3) is 0 Å². The van der Waals surface area contributed by atoms with Gasteiger partial charge in [-0.3, -0.25) is 0 Å². The number of hydrogen-bond acceptors (Lipinski definition) is 5. The van der Waals surface area contributed by atoms with Crippen molar-refractivity contribution < 1.29 is 20.1 Å². The molecule has 64 valence electrons. The minimum absolute atomic E-state index is 0.215. The van der Waals surface area contributed by atoms with E-state index < -0.39 is 22.7 Å². The Kier molecular flexibility index (Phi) is 2.89. The molecule has 1 saturated heterocycles. The number of carbonyl (C=O) groups is 1. The number of aliphatic hydroxyl groups excluding tert-OH is 3. The Bertz CT molecular complexity index is 152. The summed E-state index contributed by atoms with van der Waals surface area (Å²) in [5.74, 6) is 0. The van der Waals surface area contributed by atoms with Gasteiger partial charge in [0.1, 0.15) is 6.29 Å². The highest BCUT2D eigenvalue weighted by atomic mass is 32.2. The Morgan fingerprint density at radius 2 is 2.00 bits per heavy atom. The van der Waals surface area contributed by atoms with Crippen molar-refractivity contribution >= 4 is 18.0 Å². The number of hydrogen-bond donors (Lipinski definition) is 3. The summed E-state index contributed by atoms with van der Waals surface area (Å²) in [5, 5.41) is 25.9. The lowest BCUT2D eigenvalue weighted by atomic mass is 10.1. The van der Waals surface area contributed by atoms with E-state index in [0.717, 1.165) is 11.8 Å². The van der Waals surface area contributed by atoms with E-state index in [-0.39, 0.29) is 6.61 Å². The average Bonchev–Trinajstić information content (AvgIpc) is 2.30. The molecule has 0 bridgehead atoms. The second-order valence-electron chi connectivity index (χ2n) is 2.44. The number of rotatable bonds is 2. The van der Waals surface area contributed by atoms with Crippen molar-refractivity contribution in [1.82, 2.24) is 0 Å². The lowest BCUT2D eigenvalue weighted by Crippen LogP contribution is -2.34. The molecule has 0 aliphatic carbocycles. The zero-order chi connectivity index (χ0) is 8.43. The lowest BCUT2D eigenvalue weighted by molar-refractivity contribution is -0.110. The molecule has 0 saturated carbocycles. The Morgan fingerprint density at radius 3 is 2.27 bits per heavy atom. The van der Waals surface area contributed by atoms with Gasteiger partial charge in [-0.2, -0.15) is 0 Å². The predicted octanol–water partition coefficient (Wildman–Crippen LogP) is -1.62. The molecule has 1 fully saturated rings. The molecule has 0 aromatic rings. The Balaban J connectivity index is 2.60. The van der Waals surface area contributed by atoms with Crippen LogP contribution in [0.3, 0.4) is 0 Å². The minimum atomic E-state index is -1.03. The van der Waals surface area contributed by atoms with Gasteiger partial charge in [0.2, 0.25) is 0 Å². The predicted molar refractivity (Wildman–Crippen MR) is 40.3 cm³/mol. The monoisotopic (exact) mass is 178 g/mol. The van der Waals surface area contributed by atoms with Crippen LogP contribution in [0.4, 0.5) is 0 Å². The van der Waals surface area contributed by atoms with Crippen molar-refractivity contribution in [3.63, 3.8) is 0 Å². The Labute approximate surface area is 68.2 Å². The van der Waals surface area contributed by atoms with Crippen molar-refractivity contribution in [3.8, 4) is 0 Å². The van der Waals surface area contributed by atoms with Gasteiger partial charge in [0.25, 0.3) is 0 Å². The summed E-state index contributed by atoms with van der Waals surface area (Å²) in [6, 6.07) is 0. The number of aliphatic hydroxyl groups is 3. The average molecular weight is 178 g/mol. The largest absolute Gasteiger partial charge is 0.395 e. The molecule has 4 nitrogen and oxygen atoms in total. The molecule has 4 unspecified atom stereocenters. The van der Waals surface area contributed by atoms with Crippen LogP contribution in [-0.4, -0.2) is 50.9 Å². The molecule has 4 atom stereocenters. The first kappa shape index (κ1) is 8.99. The van der Waals surface area contributed by atoms with Gasteiger partial charge in [0, 0.05) is 0 Å². The topological polar surface area (TPSA) is 77.8 Å². The summed E-state index contributed by atoms with van der Waals surface area (Å²) in [7, 11) is 0. The van der Waals surface area contributed by atoms with Gasteiger partial charge >= 0.3 is 0 Å². The fourth-order valence-corrected chi connectivity index (χ4v) is 2.24. The van der Waals surface area contributed by atoms with E-state index in [2.05, 4.69) is 0 Å². The van der Waals surface area contributed by atoms with Gasteiger partial charge in [-0.05, 0) is 0 Å². The van der Waals surface area contributed by atoms with Crippen LogP contribution < -0.4 is 0 Å². The first-order valence-electron chi connectivity index (χ1n) is 3.28. The van der Waals surface area contributed by atoms with Gasteiger partial charge in [0.05, 0.1) is 29.3 Å². The fraction of sp³-hybridized carbons (Fsp3) is 0.833. The highest BCUT2D eigenvalue weighted by molar-refractivity contribution is 8.01. The van der Waals surface area contributed by atoms with Crippen molar-refractivity contribution in [2.45, 2.75) is 22.7 Å². The maximum atomic E-state index is 10.3. The lowest BCUT2D eigenvalue weighted by Gasteiger charge is -2.11. The molecule has 0 spiro atoms. The molecular weight excluding hydrogens is 168 g/mol. The van der Waals surface area contributed by atoms with Crippen molar-refractivity contribution in [3.05, 3.63) is 0 Å². The number of carbonyl (C=O) groups excluding carboxylic acids is 1. The van der Waals surface area contributed by atoms with Gasteiger partial charge in [-0.25, -0.2) is 0 Å². The standard InChI is InChI=1S/C6H10O4S/c7-1-3-5(9)6(10)4(2-8)11-3/h1,3-6,8-10H,2H2. The van der Waals surface area contributed by atoms with Crippen LogP contribution in [0.2, 0.25) is 0 Å². The van der Waals surface area contributed by atoms with Crippen LogP contribution in [0.15, 0.2) is 0 Å². The molecule has 11 heavy (non-hydrogen) atoms. The maximum absolute atomic E-state index is 10.3. The zero-order valence-corrected chi connectivity index (χ0v) is 6.57. The summed E-state index contributed by atoms with van der Waals surface area (Å²) in [4.78, 5) is 10.3. The summed E-state index contributed by atoms with van der Waals surface area (Å²) < 4.78 is 0. The normalized spacial score (nSPS) is 44.3. The zero-order valence-electron chi connectivity index (χ0n) is 5.75. The summed E-state index contributed by atoms with van der Waals surface area (Å²) in [6.07, 6.45) is -1.43. The smallest absolute Gasteiger partial charge is 0.135 e. The van der Waals surface area contributed by atoms with E-state index in [1.807, 2.05) is 0 Å². The molecule has 0 aromatic carbocycles. The molecule has 1 heterocycles. The molecule has 1 rings (SSSR count). The second-order valence-corrected chi connectivity index (χ2v) is 3.86. The Hall–Kier alpha value is -0.100. The van der Waals surface area contributed by atoms with Crippen LogP contribution >= 0.6 is 11.8 Å². The van der Waals surface area contributed by atoms with Crippen molar-refractivity contribution in [2.24, 2.45) is 0 Å². The molecular formula is C6H10O4S. The minimum Gasteiger partial charge on any atom is -0.395 e. The van der Waals surface area contributed by atoms with Crippen LogP contribution in [-0.2, 0) is 4.79 Å². The molecule has 1 aliphatic rings.